The first-order chi connectivity index (χ1) is 10.8. The Morgan fingerprint density at radius 2 is 2.00 bits per heavy atom. The fourth-order valence-corrected chi connectivity index (χ4v) is 4.21. The van der Waals surface area contributed by atoms with Crippen LogP contribution < -0.4 is 0 Å². The molecule has 7 heteroatoms. The molecule has 0 N–H and O–H groups in total. The van der Waals surface area contributed by atoms with Crippen LogP contribution in [0.25, 0.3) is 0 Å². The maximum absolute atomic E-state index is 12.8. The molecule has 1 aromatic heterocycles. The molecule has 6 nitrogen and oxygen atoms in total. The molecule has 0 atom stereocenters. The number of rotatable bonds is 2. The van der Waals surface area contributed by atoms with Crippen molar-refractivity contribution in [2.45, 2.75) is 45.1 Å². The number of hydrogen-bond donors (Lipinski definition) is 0. The lowest BCUT2D eigenvalue weighted by Crippen LogP contribution is -2.48. The molecule has 1 aromatic rings. The van der Waals surface area contributed by atoms with E-state index in [0.29, 0.717) is 38.4 Å². The second-order valence-electron chi connectivity index (χ2n) is 6.82. The van der Waals surface area contributed by atoms with Crippen LogP contribution in [0.3, 0.4) is 0 Å². The standard InChI is InChI=1S/C16H23N3O3S/c1-10(2)13-17-11(3)12(23-13)14(20)19-7-5-16(6-8-19)9-18(4)15(21)22-16/h10H,5-9H2,1-4H3. The van der Waals surface area contributed by atoms with Gasteiger partial charge in [-0.2, -0.15) is 0 Å². The molecule has 0 radical (unpaired) electrons. The maximum Gasteiger partial charge on any atom is 0.410 e. The fourth-order valence-electron chi connectivity index (χ4n) is 3.18. The fraction of sp³-hybridized carbons (Fsp3) is 0.688. The van der Waals surface area contributed by atoms with Crippen LogP contribution in [0.15, 0.2) is 0 Å². The van der Waals surface area contributed by atoms with E-state index < -0.39 is 5.60 Å². The summed E-state index contributed by atoms with van der Waals surface area (Å²) in [6.07, 6.45) is 1.14. The first-order valence-electron chi connectivity index (χ1n) is 8.02. The highest BCUT2D eigenvalue weighted by atomic mass is 32.1. The van der Waals surface area contributed by atoms with E-state index in [1.54, 1.807) is 11.9 Å². The molecule has 23 heavy (non-hydrogen) atoms. The van der Waals surface area contributed by atoms with Crippen LogP contribution in [0, 0.1) is 6.92 Å². The summed E-state index contributed by atoms with van der Waals surface area (Å²) in [5, 5.41) is 1.01. The number of aryl methyl sites for hydroxylation is 1. The largest absolute Gasteiger partial charge is 0.441 e. The number of carbonyl (C=O) groups is 2. The van der Waals surface area contributed by atoms with Crippen molar-refractivity contribution in [1.29, 1.82) is 0 Å². The van der Waals surface area contributed by atoms with Gasteiger partial charge in [-0.3, -0.25) is 4.79 Å². The van der Waals surface area contributed by atoms with Crippen molar-refractivity contribution in [2.24, 2.45) is 0 Å². The third-order valence-electron chi connectivity index (χ3n) is 4.60. The van der Waals surface area contributed by atoms with Gasteiger partial charge in [-0.25, -0.2) is 9.78 Å². The van der Waals surface area contributed by atoms with E-state index in [9.17, 15) is 9.59 Å². The highest BCUT2D eigenvalue weighted by Gasteiger charge is 2.46. The van der Waals surface area contributed by atoms with E-state index in [0.717, 1.165) is 15.6 Å². The van der Waals surface area contributed by atoms with Gasteiger partial charge in [-0.15, -0.1) is 11.3 Å². The molecule has 2 saturated heterocycles. The molecule has 0 saturated carbocycles. The number of hydrogen-bond acceptors (Lipinski definition) is 5. The molecule has 3 heterocycles. The molecule has 126 valence electrons. The van der Waals surface area contributed by atoms with Gasteiger partial charge >= 0.3 is 6.09 Å². The Morgan fingerprint density at radius 1 is 1.35 bits per heavy atom. The zero-order chi connectivity index (χ0) is 16.8. The zero-order valence-corrected chi connectivity index (χ0v) is 14.9. The second-order valence-corrected chi connectivity index (χ2v) is 7.85. The maximum atomic E-state index is 12.8. The number of ether oxygens (including phenoxy) is 1. The van der Waals surface area contributed by atoms with Crippen molar-refractivity contribution >= 4 is 23.3 Å². The van der Waals surface area contributed by atoms with E-state index in [1.807, 2.05) is 11.8 Å². The highest BCUT2D eigenvalue weighted by molar-refractivity contribution is 7.13. The van der Waals surface area contributed by atoms with Crippen LogP contribution in [-0.4, -0.2) is 59.1 Å². The van der Waals surface area contributed by atoms with E-state index in [1.165, 1.54) is 11.3 Å². The van der Waals surface area contributed by atoms with Crippen molar-refractivity contribution in [2.75, 3.05) is 26.7 Å². The summed E-state index contributed by atoms with van der Waals surface area (Å²) < 4.78 is 5.53. The Balaban J connectivity index is 1.68. The minimum Gasteiger partial charge on any atom is -0.441 e. The minimum atomic E-state index is -0.408. The summed E-state index contributed by atoms with van der Waals surface area (Å²) in [7, 11) is 1.75. The van der Waals surface area contributed by atoms with Gasteiger partial charge in [-0.1, -0.05) is 13.8 Å². The van der Waals surface area contributed by atoms with Crippen molar-refractivity contribution in [1.82, 2.24) is 14.8 Å². The molecule has 2 aliphatic heterocycles. The van der Waals surface area contributed by atoms with E-state index >= 15 is 0 Å². The number of likely N-dealkylation sites (N-methyl/N-ethyl adjacent to an activating group) is 1. The Labute approximate surface area is 140 Å². The first-order valence-corrected chi connectivity index (χ1v) is 8.84. The molecule has 3 rings (SSSR count). The molecule has 2 aliphatic rings. The van der Waals surface area contributed by atoms with Crippen LogP contribution in [0.2, 0.25) is 0 Å². The molecule has 0 aromatic carbocycles. The smallest absolute Gasteiger partial charge is 0.410 e. The SMILES string of the molecule is Cc1nc(C(C)C)sc1C(=O)N1CCC2(CC1)CN(C)C(=O)O2. The Bertz CT molecular complexity index is 633. The number of likely N-dealkylation sites (tertiary alicyclic amines) is 1. The molecular weight excluding hydrogens is 314 g/mol. The third kappa shape index (κ3) is 2.94. The molecule has 0 unspecified atom stereocenters. The van der Waals surface area contributed by atoms with Gasteiger partial charge < -0.3 is 14.5 Å². The van der Waals surface area contributed by atoms with E-state index in [-0.39, 0.29) is 12.0 Å². The van der Waals surface area contributed by atoms with Crippen LogP contribution >= 0.6 is 11.3 Å². The Kier molecular flexibility index (Phi) is 4.08. The van der Waals surface area contributed by atoms with Gasteiger partial charge in [-0.05, 0) is 6.92 Å². The van der Waals surface area contributed by atoms with Gasteiger partial charge in [0, 0.05) is 38.9 Å². The second kappa shape index (κ2) is 5.78. The average Bonchev–Trinajstić information content (AvgIpc) is 3.00. The molecule has 2 amide bonds. The predicted molar refractivity (Wildman–Crippen MR) is 87.9 cm³/mol. The summed E-state index contributed by atoms with van der Waals surface area (Å²) >= 11 is 1.50. The normalized spacial score (nSPS) is 20.5. The summed E-state index contributed by atoms with van der Waals surface area (Å²) in [6, 6.07) is 0. The number of aromatic nitrogens is 1. The quantitative estimate of drug-likeness (QED) is 0.832. The molecule has 0 aliphatic carbocycles. The van der Waals surface area contributed by atoms with Crippen molar-refractivity contribution in [3.63, 3.8) is 0 Å². The van der Waals surface area contributed by atoms with E-state index in [4.69, 9.17) is 4.74 Å². The summed E-state index contributed by atoms with van der Waals surface area (Å²) in [5.41, 5.74) is 0.407. The Hall–Kier alpha value is -1.63. The van der Waals surface area contributed by atoms with Crippen molar-refractivity contribution < 1.29 is 14.3 Å². The number of thiazole rings is 1. The monoisotopic (exact) mass is 337 g/mol. The number of nitrogens with zero attached hydrogens (tertiary/aromatic N) is 3. The van der Waals surface area contributed by atoms with Crippen LogP contribution in [0.4, 0.5) is 4.79 Å². The summed E-state index contributed by atoms with van der Waals surface area (Å²) in [5.74, 6) is 0.387. The highest BCUT2D eigenvalue weighted by Crippen LogP contribution is 2.34. The van der Waals surface area contributed by atoms with Gasteiger partial charge in [0.15, 0.2) is 0 Å². The number of carbonyl (C=O) groups excluding carboxylic acids is 2. The third-order valence-corrected chi connectivity index (χ3v) is 6.05. The number of piperidine rings is 1. The summed E-state index contributed by atoms with van der Waals surface area (Å²) in [6.45, 7) is 7.92. The summed E-state index contributed by atoms with van der Waals surface area (Å²) in [4.78, 5) is 33.1. The predicted octanol–water partition coefficient (Wildman–Crippen LogP) is 2.63. The first kappa shape index (κ1) is 16.2. The Morgan fingerprint density at radius 3 is 2.48 bits per heavy atom. The van der Waals surface area contributed by atoms with Crippen LogP contribution in [0.1, 0.15) is 53.0 Å². The van der Waals surface area contributed by atoms with Gasteiger partial charge in [0.25, 0.3) is 5.91 Å². The lowest BCUT2D eigenvalue weighted by Gasteiger charge is -2.37. The van der Waals surface area contributed by atoms with Crippen LogP contribution in [-0.2, 0) is 4.74 Å². The van der Waals surface area contributed by atoms with E-state index in [2.05, 4.69) is 18.8 Å². The van der Waals surface area contributed by atoms with Gasteiger partial charge in [0.2, 0.25) is 0 Å². The van der Waals surface area contributed by atoms with Gasteiger partial charge in [0.1, 0.15) is 10.5 Å². The van der Waals surface area contributed by atoms with Crippen molar-refractivity contribution in [3.05, 3.63) is 15.6 Å². The van der Waals surface area contributed by atoms with Crippen molar-refractivity contribution in [3.8, 4) is 0 Å². The molecule has 0 bridgehead atoms. The number of amides is 2. The molecular formula is C16H23N3O3S. The molecule has 2 fully saturated rings. The topological polar surface area (TPSA) is 62.7 Å². The molecule has 1 spiro atoms. The van der Waals surface area contributed by atoms with Gasteiger partial charge in [0.05, 0.1) is 17.2 Å². The minimum absolute atomic E-state index is 0.0550. The van der Waals surface area contributed by atoms with Crippen LogP contribution in [0.5, 0.6) is 0 Å². The zero-order valence-electron chi connectivity index (χ0n) is 14.1. The lowest BCUT2D eigenvalue weighted by molar-refractivity contribution is 0.00330. The average molecular weight is 337 g/mol. The lowest BCUT2D eigenvalue weighted by atomic mass is 9.91.